The molecule has 1 aliphatic carbocycles. The molecule has 0 saturated heterocycles. The molecule has 1 aromatic heterocycles. The van der Waals surface area contributed by atoms with Crippen LogP contribution in [0.1, 0.15) is 25.7 Å². The van der Waals surface area contributed by atoms with Gasteiger partial charge in [0.1, 0.15) is 6.33 Å². The summed E-state index contributed by atoms with van der Waals surface area (Å²) in [4.78, 5) is 20.1. The van der Waals surface area contributed by atoms with Crippen LogP contribution in [0.2, 0.25) is 5.15 Å². The van der Waals surface area contributed by atoms with Gasteiger partial charge >= 0.3 is 5.69 Å². The molecule has 2 rings (SSSR count). The van der Waals surface area contributed by atoms with Crippen molar-refractivity contribution in [3.8, 4) is 0 Å². The summed E-state index contributed by atoms with van der Waals surface area (Å²) < 4.78 is 0. The first kappa shape index (κ1) is 14.0. The number of nitrogens with zero attached hydrogens (tertiary/aromatic N) is 4. The van der Waals surface area contributed by atoms with Crippen LogP contribution in [0.15, 0.2) is 6.33 Å². The van der Waals surface area contributed by atoms with Gasteiger partial charge in [-0.15, -0.1) is 0 Å². The van der Waals surface area contributed by atoms with E-state index in [1.807, 2.05) is 4.90 Å². The fraction of sp³-hybridized carbons (Fsp3) is 0.636. The van der Waals surface area contributed by atoms with E-state index in [2.05, 4.69) is 9.97 Å². The molecule has 0 aromatic carbocycles. The minimum absolute atomic E-state index is 0.0375. The maximum atomic E-state index is 11.1. The first-order chi connectivity index (χ1) is 9.15. The van der Waals surface area contributed by atoms with Crippen LogP contribution in [0.5, 0.6) is 0 Å². The Morgan fingerprint density at radius 2 is 2.26 bits per heavy atom. The molecule has 0 amide bonds. The molecule has 0 unspecified atom stereocenters. The molecule has 7 nitrogen and oxygen atoms in total. The fourth-order valence-corrected chi connectivity index (χ4v) is 2.31. The SMILES string of the molecule is O=[N+]([O-])c1c(Cl)ncnc1N(CCCO)C1CCC1. The highest BCUT2D eigenvalue weighted by Crippen LogP contribution is 2.36. The molecule has 1 fully saturated rings. The predicted molar refractivity (Wildman–Crippen MR) is 70.4 cm³/mol. The second-order valence-electron chi connectivity index (χ2n) is 4.45. The molecular weight excluding hydrogens is 272 g/mol. The van der Waals surface area contributed by atoms with Crippen molar-refractivity contribution in [3.05, 3.63) is 21.6 Å². The maximum absolute atomic E-state index is 11.1. The summed E-state index contributed by atoms with van der Waals surface area (Å²) in [6.45, 7) is 0.561. The monoisotopic (exact) mass is 286 g/mol. The van der Waals surface area contributed by atoms with Gasteiger partial charge in [-0.3, -0.25) is 10.1 Å². The van der Waals surface area contributed by atoms with Crippen LogP contribution in [0.25, 0.3) is 0 Å². The van der Waals surface area contributed by atoms with Crippen LogP contribution >= 0.6 is 11.6 Å². The van der Waals surface area contributed by atoms with Crippen molar-refractivity contribution < 1.29 is 10.0 Å². The second-order valence-corrected chi connectivity index (χ2v) is 4.81. The van der Waals surface area contributed by atoms with Gasteiger partial charge < -0.3 is 10.0 Å². The van der Waals surface area contributed by atoms with Gasteiger partial charge in [-0.2, -0.15) is 0 Å². The molecule has 0 atom stereocenters. The van der Waals surface area contributed by atoms with Crippen molar-refractivity contribution in [2.24, 2.45) is 0 Å². The number of rotatable bonds is 6. The summed E-state index contributed by atoms with van der Waals surface area (Å²) >= 11 is 5.80. The smallest absolute Gasteiger partial charge is 0.348 e. The molecule has 0 radical (unpaired) electrons. The zero-order valence-corrected chi connectivity index (χ0v) is 11.1. The number of nitro groups is 1. The highest BCUT2D eigenvalue weighted by molar-refractivity contribution is 6.31. The van der Waals surface area contributed by atoms with Gasteiger partial charge in [0.05, 0.1) is 4.92 Å². The Balaban J connectivity index is 2.34. The van der Waals surface area contributed by atoms with Gasteiger partial charge in [0.25, 0.3) is 0 Å². The van der Waals surface area contributed by atoms with E-state index in [1.165, 1.54) is 6.33 Å². The number of aliphatic hydroxyl groups excluding tert-OH is 1. The third-order valence-electron chi connectivity index (χ3n) is 3.29. The van der Waals surface area contributed by atoms with E-state index < -0.39 is 4.92 Å². The Morgan fingerprint density at radius 1 is 1.53 bits per heavy atom. The van der Waals surface area contributed by atoms with E-state index in [0.29, 0.717) is 13.0 Å². The van der Waals surface area contributed by atoms with Crippen LogP contribution in [0.4, 0.5) is 11.5 Å². The van der Waals surface area contributed by atoms with Gasteiger partial charge in [-0.25, -0.2) is 9.97 Å². The Bertz CT molecular complexity index is 467. The summed E-state index contributed by atoms with van der Waals surface area (Å²) in [7, 11) is 0. The largest absolute Gasteiger partial charge is 0.396 e. The third-order valence-corrected chi connectivity index (χ3v) is 3.56. The first-order valence-corrected chi connectivity index (χ1v) is 6.55. The molecule has 1 heterocycles. The van der Waals surface area contributed by atoms with E-state index in [0.717, 1.165) is 19.3 Å². The van der Waals surface area contributed by atoms with E-state index in [4.69, 9.17) is 16.7 Å². The zero-order chi connectivity index (χ0) is 13.8. The van der Waals surface area contributed by atoms with Crippen molar-refractivity contribution in [1.82, 2.24) is 9.97 Å². The van der Waals surface area contributed by atoms with Crippen molar-refractivity contribution in [3.63, 3.8) is 0 Å². The van der Waals surface area contributed by atoms with Crippen LogP contribution in [0.3, 0.4) is 0 Å². The van der Waals surface area contributed by atoms with Crippen molar-refractivity contribution in [1.29, 1.82) is 0 Å². The van der Waals surface area contributed by atoms with E-state index >= 15 is 0 Å². The van der Waals surface area contributed by atoms with Gasteiger partial charge in [0, 0.05) is 19.2 Å². The summed E-state index contributed by atoms with van der Waals surface area (Å²) in [5, 5.41) is 19.9. The van der Waals surface area contributed by atoms with Crippen LogP contribution in [-0.2, 0) is 0 Å². The summed E-state index contributed by atoms with van der Waals surface area (Å²) in [6, 6.07) is 0.233. The molecule has 8 heteroatoms. The molecule has 1 saturated carbocycles. The Morgan fingerprint density at radius 3 is 2.79 bits per heavy atom. The first-order valence-electron chi connectivity index (χ1n) is 6.17. The van der Waals surface area contributed by atoms with Crippen molar-refractivity contribution in [2.45, 2.75) is 31.7 Å². The van der Waals surface area contributed by atoms with Gasteiger partial charge in [-0.1, -0.05) is 11.6 Å². The summed E-state index contributed by atoms with van der Waals surface area (Å²) in [5.41, 5.74) is -0.256. The fourth-order valence-electron chi connectivity index (χ4n) is 2.12. The predicted octanol–water partition coefficient (Wildman–Crippen LogP) is 1.78. The highest BCUT2D eigenvalue weighted by atomic mass is 35.5. The molecule has 1 aromatic rings. The topological polar surface area (TPSA) is 92.4 Å². The second kappa shape index (κ2) is 6.12. The molecule has 0 aliphatic heterocycles. The summed E-state index contributed by atoms with van der Waals surface area (Å²) in [6.07, 6.45) is 4.83. The normalized spacial score (nSPS) is 15.1. The van der Waals surface area contributed by atoms with Gasteiger partial charge in [0.2, 0.25) is 11.0 Å². The Labute approximate surface area is 115 Å². The number of aliphatic hydroxyl groups is 1. The zero-order valence-electron chi connectivity index (χ0n) is 10.3. The van der Waals surface area contributed by atoms with Crippen molar-refractivity contribution in [2.75, 3.05) is 18.1 Å². The average Bonchev–Trinajstić information content (AvgIpc) is 2.31. The van der Waals surface area contributed by atoms with Crippen LogP contribution < -0.4 is 4.90 Å². The number of hydrogen-bond acceptors (Lipinski definition) is 6. The Kier molecular flexibility index (Phi) is 4.49. The highest BCUT2D eigenvalue weighted by Gasteiger charge is 2.32. The lowest BCUT2D eigenvalue weighted by Gasteiger charge is -2.37. The van der Waals surface area contributed by atoms with Gasteiger partial charge in [-0.05, 0) is 25.7 Å². The average molecular weight is 287 g/mol. The number of anilines is 1. The van der Waals surface area contributed by atoms with Gasteiger partial charge in [0.15, 0.2) is 0 Å². The molecule has 1 N–H and O–H groups in total. The van der Waals surface area contributed by atoms with Crippen molar-refractivity contribution >= 4 is 23.1 Å². The minimum atomic E-state index is -0.553. The van der Waals surface area contributed by atoms with Crippen LogP contribution in [0, 0.1) is 10.1 Å². The summed E-state index contributed by atoms with van der Waals surface area (Å²) in [5.74, 6) is 0.253. The van der Waals surface area contributed by atoms with Crippen LogP contribution in [-0.4, -0.2) is 39.2 Å². The molecule has 0 spiro atoms. The molecule has 104 valence electrons. The van der Waals surface area contributed by atoms with E-state index in [1.54, 1.807) is 0 Å². The Hall–Kier alpha value is -1.47. The molecule has 0 bridgehead atoms. The third kappa shape index (κ3) is 2.93. The van der Waals surface area contributed by atoms with E-state index in [-0.39, 0.29) is 29.3 Å². The number of halogens is 1. The lowest BCUT2D eigenvalue weighted by atomic mass is 9.91. The standard InChI is InChI=1S/C11H15ClN4O3/c12-10-9(16(18)19)11(14-7-13-10)15(5-2-6-17)8-3-1-4-8/h7-8,17H,1-6H2. The number of aromatic nitrogens is 2. The molecule has 1 aliphatic rings. The number of hydrogen-bond donors (Lipinski definition) is 1. The lowest BCUT2D eigenvalue weighted by Crippen LogP contribution is -2.42. The maximum Gasteiger partial charge on any atom is 0.348 e. The molecule has 19 heavy (non-hydrogen) atoms. The lowest BCUT2D eigenvalue weighted by molar-refractivity contribution is -0.384. The quantitative estimate of drug-likeness (QED) is 0.487. The molecular formula is C11H15ClN4O3. The minimum Gasteiger partial charge on any atom is -0.396 e. The van der Waals surface area contributed by atoms with E-state index in [9.17, 15) is 10.1 Å².